The molecule has 1 unspecified atom stereocenters. The highest BCUT2D eigenvalue weighted by molar-refractivity contribution is 7.84. The Morgan fingerprint density at radius 3 is 2.37 bits per heavy atom. The second-order valence-electron chi connectivity index (χ2n) is 11.8. The summed E-state index contributed by atoms with van der Waals surface area (Å²) in [6, 6.07) is 9.20. The minimum Gasteiger partial charge on any atom is -0.504 e. The van der Waals surface area contributed by atoms with E-state index in [0.717, 1.165) is 16.6 Å². The van der Waals surface area contributed by atoms with Crippen LogP contribution < -0.4 is 15.8 Å². The fraction of sp³-hybridized carbons (Fsp3) is 0.303. The molecule has 4 heterocycles. The largest absolute Gasteiger partial charge is 0.504 e. The molecule has 0 saturated carbocycles. The van der Waals surface area contributed by atoms with Crippen LogP contribution in [0.1, 0.15) is 34.4 Å². The van der Waals surface area contributed by atoms with Gasteiger partial charge in [-0.15, -0.1) is 5.10 Å². The van der Waals surface area contributed by atoms with E-state index >= 15 is 0 Å². The number of alkyl halides is 3. The molecule has 1 aliphatic heterocycles. The Hall–Kier alpha value is -5.36. The monoisotopic (exact) mass is 757 g/mol. The van der Waals surface area contributed by atoms with E-state index in [1.165, 1.54) is 22.1 Å². The number of halogens is 4. The number of amides is 2. The van der Waals surface area contributed by atoms with Crippen LogP contribution >= 0.6 is 11.6 Å². The highest BCUT2D eigenvalue weighted by Gasteiger charge is 2.32. The molecule has 14 nitrogen and oxygen atoms in total. The third kappa shape index (κ3) is 7.07. The van der Waals surface area contributed by atoms with E-state index in [1.807, 2.05) is 0 Å². The highest BCUT2D eigenvalue weighted by Crippen LogP contribution is 2.34. The van der Waals surface area contributed by atoms with Crippen molar-refractivity contribution >= 4 is 51.4 Å². The molecule has 3 aromatic heterocycles. The summed E-state index contributed by atoms with van der Waals surface area (Å²) >= 11 is 6.11. The molecule has 0 spiro atoms. The average Bonchev–Trinajstić information content (AvgIpc) is 3.57. The van der Waals surface area contributed by atoms with Crippen LogP contribution in [0.3, 0.4) is 0 Å². The second kappa shape index (κ2) is 14.3. The van der Waals surface area contributed by atoms with Crippen LogP contribution in [0.2, 0.25) is 5.02 Å². The van der Waals surface area contributed by atoms with E-state index in [9.17, 15) is 36.9 Å². The minimum atomic E-state index is -4.63. The standard InChI is InChI=1S/C33H31ClF3N9O5S/c1-4-24-27(43-11-13-44(14-12-43)30(49)26-28(48)18(2)38-17-39-26)31(50)46-32(41-29(42-46)19-5-8-21(9-6-19)52(3)51)45(24)16-25(47)40-23-10-7-20(15-22(23)34)33(35,36)37/h5-10,15,17,48H,4,11-14,16H2,1-3H3,(H,40,47). The van der Waals surface area contributed by atoms with Crippen LogP contribution in [0.5, 0.6) is 5.75 Å². The molecule has 0 radical (unpaired) electrons. The number of nitrogens with one attached hydrogen (secondary N) is 1. The summed E-state index contributed by atoms with van der Waals surface area (Å²) in [6.45, 7) is 3.66. The summed E-state index contributed by atoms with van der Waals surface area (Å²) in [5.41, 5.74) is -0.269. The molecule has 6 rings (SSSR count). The predicted octanol–water partition coefficient (Wildman–Crippen LogP) is 3.94. The first-order valence-corrected chi connectivity index (χ1v) is 17.8. The lowest BCUT2D eigenvalue weighted by Crippen LogP contribution is -2.51. The molecule has 1 fully saturated rings. The SMILES string of the molecule is CCc1c(N2CCN(C(=O)c3ncnc(C)c3O)CC2)c(=O)n2nc(-c3ccc(S(C)=O)cc3)nc2n1CC(=O)Nc1ccc(C(F)(F)F)cc1Cl. The van der Waals surface area contributed by atoms with Gasteiger partial charge in [0.1, 0.15) is 18.6 Å². The third-order valence-electron chi connectivity index (χ3n) is 8.57. The van der Waals surface area contributed by atoms with Crippen molar-refractivity contribution in [2.45, 2.75) is 37.9 Å². The van der Waals surface area contributed by atoms with Gasteiger partial charge in [-0.1, -0.05) is 18.5 Å². The molecule has 19 heteroatoms. The van der Waals surface area contributed by atoms with Gasteiger partial charge in [-0.25, -0.2) is 9.97 Å². The van der Waals surface area contributed by atoms with Gasteiger partial charge in [0.25, 0.3) is 11.5 Å². The maximum atomic E-state index is 14.2. The number of benzene rings is 2. The molecule has 2 aromatic carbocycles. The lowest BCUT2D eigenvalue weighted by atomic mass is 10.2. The molecule has 5 aromatic rings. The van der Waals surface area contributed by atoms with E-state index in [0.29, 0.717) is 22.2 Å². The van der Waals surface area contributed by atoms with E-state index in [1.54, 1.807) is 43.0 Å². The van der Waals surface area contributed by atoms with Gasteiger partial charge < -0.3 is 24.8 Å². The van der Waals surface area contributed by atoms with Gasteiger partial charge in [-0.05, 0) is 55.8 Å². The normalized spacial score (nSPS) is 14.1. The Bertz CT molecular complexity index is 2290. The molecule has 0 bridgehead atoms. The Balaban J connectivity index is 1.38. The Morgan fingerprint density at radius 1 is 1.06 bits per heavy atom. The Kier molecular flexibility index (Phi) is 10.0. The first kappa shape index (κ1) is 36.4. The topological polar surface area (TPSA) is 168 Å². The van der Waals surface area contributed by atoms with Crippen molar-refractivity contribution < 1.29 is 32.1 Å². The number of anilines is 2. The summed E-state index contributed by atoms with van der Waals surface area (Å²) in [5.74, 6) is -1.29. The Labute approximate surface area is 301 Å². The van der Waals surface area contributed by atoms with Crippen molar-refractivity contribution in [2.24, 2.45) is 0 Å². The van der Waals surface area contributed by atoms with Crippen LogP contribution in [0.4, 0.5) is 24.5 Å². The quantitative estimate of drug-likeness (QED) is 0.237. The molecular weight excluding hydrogens is 727 g/mol. The predicted molar refractivity (Wildman–Crippen MR) is 186 cm³/mol. The summed E-state index contributed by atoms with van der Waals surface area (Å²) < 4.78 is 54.2. The number of aryl methyl sites for hydroxylation is 1. The van der Waals surface area contributed by atoms with Crippen molar-refractivity contribution in [3.63, 3.8) is 0 Å². The van der Waals surface area contributed by atoms with E-state index in [-0.39, 0.29) is 77.7 Å². The zero-order valence-electron chi connectivity index (χ0n) is 27.9. The maximum Gasteiger partial charge on any atom is 0.416 e. The molecule has 1 aliphatic rings. The van der Waals surface area contributed by atoms with Crippen molar-refractivity contribution in [2.75, 3.05) is 42.7 Å². The smallest absolute Gasteiger partial charge is 0.416 e. The van der Waals surface area contributed by atoms with E-state index < -0.39 is 46.5 Å². The summed E-state index contributed by atoms with van der Waals surface area (Å²) in [4.78, 5) is 57.3. The summed E-state index contributed by atoms with van der Waals surface area (Å²) in [6.07, 6.45) is -1.65. The number of aromatic hydroxyl groups is 1. The van der Waals surface area contributed by atoms with Crippen LogP contribution in [-0.2, 0) is 34.7 Å². The van der Waals surface area contributed by atoms with Crippen LogP contribution in [-0.4, -0.2) is 87.6 Å². The zero-order valence-corrected chi connectivity index (χ0v) is 29.5. The maximum absolute atomic E-state index is 14.2. The van der Waals surface area contributed by atoms with Crippen molar-refractivity contribution in [1.29, 1.82) is 0 Å². The van der Waals surface area contributed by atoms with Crippen LogP contribution in [0.15, 0.2) is 58.5 Å². The van der Waals surface area contributed by atoms with E-state index in [4.69, 9.17) is 11.6 Å². The van der Waals surface area contributed by atoms with Gasteiger partial charge in [0, 0.05) is 53.7 Å². The molecule has 2 N–H and O–H groups in total. The fourth-order valence-corrected chi connectivity index (χ4v) is 6.63. The first-order valence-electron chi connectivity index (χ1n) is 15.9. The number of nitrogens with zero attached hydrogens (tertiary/aromatic N) is 8. The van der Waals surface area contributed by atoms with Crippen LogP contribution in [0, 0.1) is 6.92 Å². The summed E-state index contributed by atoms with van der Waals surface area (Å²) in [5, 5.41) is 17.1. The minimum absolute atomic E-state index is 0.0285. The number of carbonyl (C=O) groups excluding carboxylic acids is 2. The van der Waals surface area contributed by atoms with Gasteiger partial charge in [0.15, 0.2) is 17.3 Å². The lowest BCUT2D eigenvalue weighted by molar-refractivity contribution is -0.137. The number of hydrogen-bond acceptors (Lipinski definition) is 10. The number of hydrogen-bond donors (Lipinski definition) is 2. The average molecular weight is 758 g/mol. The first-order chi connectivity index (χ1) is 24.7. The Morgan fingerprint density at radius 2 is 1.75 bits per heavy atom. The van der Waals surface area contributed by atoms with E-state index in [2.05, 4.69) is 25.4 Å². The number of piperazine rings is 1. The van der Waals surface area contributed by atoms with Gasteiger partial charge in [0.2, 0.25) is 11.7 Å². The summed E-state index contributed by atoms with van der Waals surface area (Å²) in [7, 11) is -1.23. The molecule has 1 saturated heterocycles. The number of fused-ring (bicyclic) bond motifs is 1. The van der Waals surface area contributed by atoms with Crippen LogP contribution in [0.25, 0.3) is 17.2 Å². The van der Waals surface area contributed by atoms with Gasteiger partial charge >= 0.3 is 6.18 Å². The molecule has 2 amide bonds. The second-order valence-corrected chi connectivity index (χ2v) is 13.6. The number of rotatable bonds is 8. The van der Waals surface area contributed by atoms with Crippen molar-refractivity contribution in [3.8, 4) is 17.1 Å². The fourth-order valence-electron chi connectivity index (χ4n) is 5.88. The number of aromatic nitrogens is 6. The molecule has 0 aliphatic carbocycles. The zero-order chi connectivity index (χ0) is 37.5. The molecular formula is C33H31ClF3N9O5S. The highest BCUT2D eigenvalue weighted by atomic mass is 35.5. The van der Waals surface area contributed by atoms with Crippen molar-refractivity contribution in [1.82, 2.24) is 34.0 Å². The van der Waals surface area contributed by atoms with Gasteiger partial charge in [0.05, 0.1) is 27.7 Å². The molecule has 52 heavy (non-hydrogen) atoms. The van der Waals surface area contributed by atoms with Gasteiger partial charge in [-0.3, -0.25) is 18.6 Å². The molecule has 1 atom stereocenters. The third-order valence-corrected chi connectivity index (χ3v) is 9.82. The van der Waals surface area contributed by atoms with Gasteiger partial charge in [-0.2, -0.15) is 22.7 Å². The molecule has 272 valence electrons. The van der Waals surface area contributed by atoms with Crippen molar-refractivity contribution in [3.05, 3.63) is 86.8 Å². The lowest BCUT2D eigenvalue weighted by Gasteiger charge is -2.36. The number of carbonyl (C=O) groups is 2.